The van der Waals surface area contributed by atoms with Gasteiger partial charge in [-0.05, 0) is 37.0 Å². The summed E-state index contributed by atoms with van der Waals surface area (Å²) < 4.78 is 0. The second-order valence-electron chi connectivity index (χ2n) is 7.44. The van der Waals surface area contributed by atoms with Gasteiger partial charge in [0.25, 0.3) is 0 Å². The number of carbonyl (C=O) groups is 1. The first-order chi connectivity index (χ1) is 12.2. The summed E-state index contributed by atoms with van der Waals surface area (Å²) in [6, 6.07) is 11.4. The van der Waals surface area contributed by atoms with Crippen molar-refractivity contribution in [3.05, 3.63) is 42.1 Å². The fourth-order valence-corrected chi connectivity index (χ4v) is 4.72. The Balaban J connectivity index is 1.59. The van der Waals surface area contributed by atoms with E-state index in [0.29, 0.717) is 12.1 Å². The summed E-state index contributed by atoms with van der Waals surface area (Å²) in [6.45, 7) is 4.70. The van der Waals surface area contributed by atoms with Gasteiger partial charge in [-0.3, -0.25) is 14.7 Å². The summed E-state index contributed by atoms with van der Waals surface area (Å²) in [6.07, 6.45) is 7.90. The monoisotopic (exact) mass is 337 g/mol. The van der Waals surface area contributed by atoms with Gasteiger partial charge in [-0.1, -0.05) is 31.0 Å². The Morgan fingerprint density at radius 2 is 1.96 bits per heavy atom. The number of para-hydroxylation sites is 1. The maximum atomic E-state index is 12.1. The van der Waals surface area contributed by atoms with Crippen molar-refractivity contribution >= 4 is 16.8 Å². The van der Waals surface area contributed by atoms with Crippen LogP contribution in [0.15, 0.2) is 36.5 Å². The second kappa shape index (κ2) is 7.12. The maximum Gasteiger partial charge on any atom is 0.219 e. The molecule has 0 saturated carbocycles. The van der Waals surface area contributed by atoms with E-state index in [1.165, 1.54) is 30.2 Å². The van der Waals surface area contributed by atoms with Crippen molar-refractivity contribution < 1.29 is 4.79 Å². The summed E-state index contributed by atoms with van der Waals surface area (Å²) in [7, 11) is 0. The van der Waals surface area contributed by atoms with Crippen LogP contribution >= 0.6 is 0 Å². The van der Waals surface area contributed by atoms with Crippen LogP contribution in [0.3, 0.4) is 0 Å². The Bertz CT molecular complexity index is 754. The molecule has 2 fully saturated rings. The van der Waals surface area contributed by atoms with E-state index in [1.807, 2.05) is 12.3 Å². The van der Waals surface area contributed by atoms with Gasteiger partial charge in [-0.15, -0.1) is 0 Å². The molecule has 132 valence electrons. The molecule has 2 aromatic rings. The van der Waals surface area contributed by atoms with E-state index in [-0.39, 0.29) is 5.91 Å². The molecule has 1 aromatic heterocycles. The Hall–Kier alpha value is -1.94. The Labute approximate surface area is 149 Å². The number of nitrogens with zero attached hydrogens (tertiary/aromatic N) is 3. The molecule has 0 spiro atoms. The van der Waals surface area contributed by atoms with Crippen LogP contribution < -0.4 is 0 Å². The molecule has 2 atom stereocenters. The average molecular weight is 337 g/mol. The molecule has 3 heterocycles. The van der Waals surface area contributed by atoms with Crippen LogP contribution in [0.4, 0.5) is 0 Å². The molecule has 4 rings (SSSR count). The zero-order valence-corrected chi connectivity index (χ0v) is 15.0. The number of rotatable bonds is 2. The van der Waals surface area contributed by atoms with Gasteiger partial charge in [0.2, 0.25) is 5.91 Å². The van der Waals surface area contributed by atoms with Gasteiger partial charge >= 0.3 is 0 Å². The minimum atomic E-state index is 0.244. The first-order valence-corrected chi connectivity index (χ1v) is 9.58. The third-order valence-electron chi connectivity index (χ3n) is 5.94. The number of pyridine rings is 1. The SMILES string of the molecule is CC(=O)N1CCCCC[C@@H]2[C@@H]1CCN2Cc1ccnc2ccccc12. The lowest BCUT2D eigenvalue weighted by Crippen LogP contribution is -2.48. The third-order valence-corrected chi connectivity index (χ3v) is 5.94. The number of hydrogen-bond acceptors (Lipinski definition) is 3. The van der Waals surface area contributed by atoms with Gasteiger partial charge < -0.3 is 4.90 Å². The van der Waals surface area contributed by atoms with E-state index < -0.39 is 0 Å². The molecule has 2 aliphatic heterocycles. The molecular weight excluding hydrogens is 310 g/mol. The Morgan fingerprint density at radius 3 is 2.84 bits per heavy atom. The maximum absolute atomic E-state index is 12.1. The van der Waals surface area contributed by atoms with Crippen molar-refractivity contribution in [2.75, 3.05) is 13.1 Å². The van der Waals surface area contributed by atoms with E-state index in [2.05, 4.69) is 39.0 Å². The van der Waals surface area contributed by atoms with E-state index in [4.69, 9.17) is 0 Å². The van der Waals surface area contributed by atoms with Crippen molar-refractivity contribution in [3.63, 3.8) is 0 Å². The number of benzene rings is 1. The summed E-state index contributed by atoms with van der Waals surface area (Å²) in [5, 5.41) is 1.25. The molecule has 0 bridgehead atoms. The van der Waals surface area contributed by atoms with Crippen LogP contribution in [0.5, 0.6) is 0 Å². The number of hydrogen-bond donors (Lipinski definition) is 0. The quantitative estimate of drug-likeness (QED) is 0.840. The van der Waals surface area contributed by atoms with Gasteiger partial charge in [0.05, 0.1) is 5.52 Å². The predicted molar refractivity (Wildman–Crippen MR) is 100 cm³/mol. The average Bonchev–Trinajstić information content (AvgIpc) is 2.96. The zero-order valence-electron chi connectivity index (χ0n) is 15.0. The number of carbonyl (C=O) groups excluding carboxylic acids is 1. The van der Waals surface area contributed by atoms with Crippen LogP contribution in [0.1, 0.15) is 44.6 Å². The topological polar surface area (TPSA) is 36.4 Å². The van der Waals surface area contributed by atoms with Crippen LogP contribution in [-0.4, -0.2) is 45.9 Å². The summed E-state index contributed by atoms with van der Waals surface area (Å²) in [5.74, 6) is 0.244. The molecule has 1 amide bonds. The number of likely N-dealkylation sites (tertiary alicyclic amines) is 2. The summed E-state index contributed by atoms with van der Waals surface area (Å²) in [5.41, 5.74) is 2.42. The van der Waals surface area contributed by atoms with E-state index in [9.17, 15) is 4.79 Å². The van der Waals surface area contributed by atoms with Gasteiger partial charge in [0.15, 0.2) is 0 Å². The lowest BCUT2D eigenvalue weighted by molar-refractivity contribution is -0.132. The molecule has 0 N–H and O–H groups in total. The Morgan fingerprint density at radius 1 is 1.08 bits per heavy atom. The zero-order chi connectivity index (χ0) is 17.2. The fraction of sp³-hybridized carbons (Fsp3) is 0.524. The molecule has 2 saturated heterocycles. The highest BCUT2D eigenvalue weighted by Crippen LogP contribution is 2.31. The number of aromatic nitrogens is 1. The van der Waals surface area contributed by atoms with Crippen molar-refractivity contribution in [3.8, 4) is 0 Å². The largest absolute Gasteiger partial charge is 0.338 e. The van der Waals surface area contributed by atoms with Crippen LogP contribution in [0, 0.1) is 0 Å². The molecule has 2 aliphatic rings. The molecule has 1 aromatic carbocycles. The molecular formula is C21H27N3O. The standard InChI is InChI=1S/C21H27N3O/c1-16(25)24-13-6-2-3-9-20-21(24)11-14-23(20)15-17-10-12-22-19-8-5-4-7-18(17)19/h4-5,7-8,10,12,20-21H,2-3,6,9,11,13-15H2,1H3/t20-,21+/m1/s1. The van der Waals surface area contributed by atoms with Crippen LogP contribution in [0.25, 0.3) is 10.9 Å². The lowest BCUT2D eigenvalue weighted by atomic mass is 9.96. The highest BCUT2D eigenvalue weighted by atomic mass is 16.2. The third kappa shape index (κ3) is 3.28. The van der Waals surface area contributed by atoms with Crippen molar-refractivity contribution in [2.45, 2.75) is 57.7 Å². The smallest absolute Gasteiger partial charge is 0.219 e. The normalized spacial score (nSPS) is 24.8. The Kier molecular flexibility index (Phi) is 4.71. The first-order valence-electron chi connectivity index (χ1n) is 9.58. The lowest BCUT2D eigenvalue weighted by Gasteiger charge is -2.37. The van der Waals surface area contributed by atoms with Crippen molar-refractivity contribution in [2.24, 2.45) is 0 Å². The van der Waals surface area contributed by atoms with E-state index in [0.717, 1.165) is 38.0 Å². The molecule has 4 nitrogen and oxygen atoms in total. The van der Waals surface area contributed by atoms with Gasteiger partial charge in [0, 0.05) is 50.2 Å². The van der Waals surface area contributed by atoms with E-state index >= 15 is 0 Å². The van der Waals surface area contributed by atoms with Crippen molar-refractivity contribution in [1.29, 1.82) is 0 Å². The fourth-order valence-electron chi connectivity index (χ4n) is 4.72. The summed E-state index contributed by atoms with van der Waals surface area (Å²) >= 11 is 0. The van der Waals surface area contributed by atoms with Crippen molar-refractivity contribution in [1.82, 2.24) is 14.8 Å². The summed E-state index contributed by atoms with van der Waals surface area (Å²) in [4.78, 5) is 21.4. The van der Waals surface area contributed by atoms with Gasteiger partial charge in [0.1, 0.15) is 0 Å². The minimum absolute atomic E-state index is 0.244. The molecule has 0 aliphatic carbocycles. The molecule has 4 heteroatoms. The van der Waals surface area contributed by atoms with Gasteiger partial charge in [-0.2, -0.15) is 0 Å². The number of fused-ring (bicyclic) bond motifs is 2. The highest BCUT2D eigenvalue weighted by Gasteiger charge is 2.39. The molecule has 0 radical (unpaired) electrons. The number of amides is 1. The predicted octanol–water partition coefficient (Wildman–Crippen LogP) is 3.60. The van der Waals surface area contributed by atoms with Crippen LogP contribution in [0.2, 0.25) is 0 Å². The molecule has 25 heavy (non-hydrogen) atoms. The second-order valence-corrected chi connectivity index (χ2v) is 7.44. The van der Waals surface area contributed by atoms with Gasteiger partial charge in [-0.25, -0.2) is 0 Å². The molecule has 0 unspecified atom stereocenters. The highest BCUT2D eigenvalue weighted by molar-refractivity contribution is 5.81. The van der Waals surface area contributed by atoms with E-state index in [1.54, 1.807) is 6.92 Å². The van der Waals surface area contributed by atoms with Crippen LogP contribution in [-0.2, 0) is 11.3 Å². The first kappa shape index (κ1) is 16.5. The minimum Gasteiger partial charge on any atom is -0.338 e.